The summed E-state index contributed by atoms with van der Waals surface area (Å²) in [6.07, 6.45) is 0. The summed E-state index contributed by atoms with van der Waals surface area (Å²) in [5, 5.41) is 4.20. The summed E-state index contributed by atoms with van der Waals surface area (Å²) in [4.78, 5) is 0. The Labute approximate surface area is 65.5 Å². The standard InChI is InChI=1S/C7H10N2S/c1-3-9-7(10)5-4-6(2)8-9/h4-5H,3H2,1-2H3. The van der Waals surface area contributed by atoms with Crippen molar-refractivity contribution in [3.8, 4) is 0 Å². The maximum Gasteiger partial charge on any atom is 0.122 e. The SMILES string of the molecule is CCn1nc(C)ccc1=S. The van der Waals surface area contributed by atoms with Crippen LogP contribution in [0.1, 0.15) is 12.6 Å². The molecule has 54 valence electrons. The minimum absolute atomic E-state index is 0.799. The Morgan fingerprint density at radius 1 is 1.60 bits per heavy atom. The first-order valence-corrected chi connectivity index (χ1v) is 3.69. The zero-order chi connectivity index (χ0) is 7.56. The van der Waals surface area contributed by atoms with Gasteiger partial charge in [0.15, 0.2) is 0 Å². The monoisotopic (exact) mass is 154 g/mol. The summed E-state index contributed by atoms with van der Waals surface area (Å²) >= 11 is 5.01. The van der Waals surface area contributed by atoms with Crippen LogP contribution in [-0.4, -0.2) is 9.78 Å². The third-order valence-corrected chi connectivity index (χ3v) is 1.65. The van der Waals surface area contributed by atoms with E-state index in [1.54, 1.807) is 0 Å². The highest BCUT2D eigenvalue weighted by Gasteiger charge is 1.88. The van der Waals surface area contributed by atoms with E-state index in [0.717, 1.165) is 16.9 Å². The van der Waals surface area contributed by atoms with Crippen LogP contribution in [-0.2, 0) is 6.54 Å². The van der Waals surface area contributed by atoms with Crippen LogP contribution in [0.3, 0.4) is 0 Å². The van der Waals surface area contributed by atoms with Gasteiger partial charge in [0.1, 0.15) is 4.64 Å². The molecule has 10 heavy (non-hydrogen) atoms. The van der Waals surface area contributed by atoms with Crippen LogP contribution in [0.25, 0.3) is 0 Å². The Hall–Kier alpha value is -0.700. The van der Waals surface area contributed by atoms with Gasteiger partial charge in [0.05, 0.1) is 5.69 Å². The quantitative estimate of drug-likeness (QED) is 0.575. The summed E-state index contributed by atoms with van der Waals surface area (Å²) in [5.74, 6) is 0. The molecule has 2 nitrogen and oxygen atoms in total. The van der Waals surface area contributed by atoms with Gasteiger partial charge in [-0.1, -0.05) is 12.2 Å². The minimum atomic E-state index is 0.799. The number of rotatable bonds is 1. The Balaban J connectivity index is 3.22. The predicted octanol–water partition coefficient (Wildman–Crippen LogP) is 1.94. The molecule has 0 unspecified atom stereocenters. The van der Waals surface area contributed by atoms with Crippen molar-refractivity contribution in [2.45, 2.75) is 20.4 Å². The Morgan fingerprint density at radius 3 is 2.80 bits per heavy atom. The lowest BCUT2D eigenvalue weighted by Crippen LogP contribution is -2.03. The molecule has 0 atom stereocenters. The Kier molecular flexibility index (Phi) is 2.17. The zero-order valence-corrected chi connectivity index (χ0v) is 6.98. The molecule has 0 saturated carbocycles. The highest BCUT2D eigenvalue weighted by atomic mass is 32.1. The molecule has 0 aliphatic heterocycles. The Bertz CT molecular complexity index is 277. The van der Waals surface area contributed by atoms with Crippen LogP contribution in [0.4, 0.5) is 0 Å². The van der Waals surface area contributed by atoms with Crippen LogP contribution in [0, 0.1) is 11.6 Å². The molecule has 0 amide bonds. The van der Waals surface area contributed by atoms with Crippen molar-refractivity contribution in [2.75, 3.05) is 0 Å². The molecule has 1 aromatic rings. The average Bonchev–Trinajstić information content (AvgIpc) is 1.94. The van der Waals surface area contributed by atoms with Crippen LogP contribution < -0.4 is 0 Å². The van der Waals surface area contributed by atoms with E-state index in [-0.39, 0.29) is 0 Å². The number of aryl methyl sites for hydroxylation is 2. The van der Waals surface area contributed by atoms with Crippen molar-refractivity contribution >= 4 is 12.2 Å². The van der Waals surface area contributed by atoms with E-state index in [9.17, 15) is 0 Å². The first kappa shape index (κ1) is 7.41. The molecular weight excluding hydrogens is 144 g/mol. The smallest absolute Gasteiger partial charge is 0.122 e. The second-order valence-corrected chi connectivity index (χ2v) is 2.55. The molecule has 0 aromatic carbocycles. The van der Waals surface area contributed by atoms with Crippen LogP contribution in [0.5, 0.6) is 0 Å². The summed E-state index contributed by atoms with van der Waals surface area (Å²) in [6, 6.07) is 3.83. The van der Waals surface area contributed by atoms with Crippen LogP contribution in [0.2, 0.25) is 0 Å². The molecular formula is C7H10N2S. The Morgan fingerprint density at radius 2 is 2.30 bits per heavy atom. The van der Waals surface area contributed by atoms with Gasteiger partial charge < -0.3 is 0 Å². The first-order chi connectivity index (χ1) is 4.74. The van der Waals surface area contributed by atoms with Crippen molar-refractivity contribution < 1.29 is 0 Å². The van der Waals surface area contributed by atoms with Crippen molar-refractivity contribution in [1.29, 1.82) is 0 Å². The van der Waals surface area contributed by atoms with Crippen molar-refractivity contribution in [2.24, 2.45) is 0 Å². The van der Waals surface area contributed by atoms with E-state index >= 15 is 0 Å². The highest BCUT2D eigenvalue weighted by Crippen LogP contribution is 1.93. The highest BCUT2D eigenvalue weighted by molar-refractivity contribution is 7.71. The molecule has 1 aromatic heterocycles. The van der Waals surface area contributed by atoms with Crippen molar-refractivity contribution in [3.05, 3.63) is 22.5 Å². The lowest BCUT2D eigenvalue weighted by atomic mass is 10.4. The maximum atomic E-state index is 5.01. The fourth-order valence-corrected chi connectivity index (χ4v) is 1.02. The molecule has 0 saturated heterocycles. The summed E-state index contributed by atoms with van der Waals surface area (Å²) in [5.41, 5.74) is 1.01. The molecule has 0 aliphatic carbocycles. The summed E-state index contributed by atoms with van der Waals surface area (Å²) < 4.78 is 2.61. The third-order valence-electron chi connectivity index (χ3n) is 1.30. The zero-order valence-electron chi connectivity index (χ0n) is 6.16. The summed E-state index contributed by atoms with van der Waals surface area (Å²) in [6.45, 7) is 4.84. The lowest BCUT2D eigenvalue weighted by Gasteiger charge is -2.00. The van der Waals surface area contributed by atoms with Gasteiger partial charge in [-0.3, -0.25) is 4.68 Å². The fourth-order valence-electron chi connectivity index (χ4n) is 0.777. The third kappa shape index (κ3) is 1.42. The molecule has 1 rings (SSSR count). The van der Waals surface area contributed by atoms with Crippen LogP contribution >= 0.6 is 12.2 Å². The van der Waals surface area contributed by atoms with Gasteiger partial charge in [0, 0.05) is 6.54 Å². The van der Waals surface area contributed by atoms with E-state index in [4.69, 9.17) is 12.2 Å². The van der Waals surface area contributed by atoms with E-state index in [1.807, 2.05) is 30.7 Å². The molecule has 3 heteroatoms. The number of hydrogen-bond acceptors (Lipinski definition) is 2. The number of aromatic nitrogens is 2. The van der Waals surface area contributed by atoms with Gasteiger partial charge in [-0.05, 0) is 26.0 Å². The molecule has 0 bridgehead atoms. The first-order valence-electron chi connectivity index (χ1n) is 3.29. The van der Waals surface area contributed by atoms with E-state index in [1.165, 1.54) is 0 Å². The summed E-state index contributed by atoms with van der Waals surface area (Å²) in [7, 11) is 0. The molecule has 0 radical (unpaired) electrons. The predicted molar refractivity (Wildman–Crippen MR) is 43.5 cm³/mol. The van der Waals surface area contributed by atoms with Gasteiger partial charge in [0.25, 0.3) is 0 Å². The second kappa shape index (κ2) is 2.92. The van der Waals surface area contributed by atoms with Crippen molar-refractivity contribution in [1.82, 2.24) is 9.78 Å². The van der Waals surface area contributed by atoms with Gasteiger partial charge in [-0.2, -0.15) is 5.10 Å². The molecule has 1 heterocycles. The van der Waals surface area contributed by atoms with Crippen LogP contribution in [0.15, 0.2) is 12.1 Å². The number of hydrogen-bond donors (Lipinski definition) is 0. The van der Waals surface area contributed by atoms with E-state index in [0.29, 0.717) is 0 Å². The van der Waals surface area contributed by atoms with Gasteiger partial charge in [0.2, 0.25) is 0 Å². The topological polar surface area (TPSA) is 17.8 Å². The second-order valence-electron chi connectivity index (χ2n) is 2.13. The van der Waals surface area contributed by atoms with E-state index < -0.39 is 0 Å². The lowest BCUT2D eigenvalue weighted by molar-refractivity contribution is 0.620. The molecule has 0 spiro atoms. The van der Waals surface area contributed by atoms with Gasteiger partial charge in [-0.25, -0.2) is 0 Å². The minimum Gasteiger partial charge on any atom is -0.255 e. The molecule has 0 aliphatic rings. The fraction of sp³-hybridized carbons (Fsp3) is 0.429. The normalized spacial score (nSPS) is 9.80. The largest absolute Gasteiger partial charge is 0.255 e. The van der Waals surface area contributed by atoms with E-state index in [2.05, 4.69) is 5.10 Å². The number of nitrogens with zero attached hydrogens (tertiary/aromatic N) is 2. The van der Waals surface area contributed by atoms with Gasteiger partial charge >= 0.3 is 0 Å². The molecule has 0 N–H and O–H groups in total. The molecule has 0 fully saturated rings. The maximum absolute atomic E-state index is 5.01. The average molecular weight is 154 g/mol. The van der Waals surface area contributed by atoms with Crippen molar-refractivity contribution in [3.63, 3.8) is 0 Å². The van der Waals surface area contributed by atoms with Gasteiger partial charge in [-0.15, -0.1) is 0 Å².